The molecular formula is C23H18F2N6O3. The fraction of sp³-hybridized carbons (Fsp3) is 0.261. The average molecular weight is 464 g/mol. The van der Waals surface area contributed by atoms with Crippen molar-refractivity contribution in [1.82, 2.24) is 24.9 Å². The van der Waals surface area contributed by atoms with E-state index in [-0.39, 0.29) is 36.5 Å². The molecule has 0 radical (unpaired) electrons. The molecule has 1 N–H and O–H groups in total. The van der Waals surface area contributed by atoms with E-state index < -0.39 is 17.2 Å². The van der Waals surface area contributed by atoms with Gasteiger partial charge >= 0.3 is 5.97 Å². The molecule has 1 saturated carbocycles. The Bertz CT molecular complexity index is 1410. The highest BCUT2D eigenvalue weighted by Gasteiger charge is 2.65. The van der Waals surface area contributed by atoms with E-state index in [1.54, 1.807) is 39.9 Å². The fourth-order valence-electron chi connectivity index (χ4n) is 4.66. The van der Waals surface area contributed by atoms with Gasteiger partial charge < -0.3 is 14.5 Å². The third-order valence-electron chi connectivity index (χ3n) is 6.58. The highest BCUT2D eigenvalue weighted by Crippen LogP contribution is 2.58. The maximum atomic E-state index is 14.6. The Balaban J connectivity index is 1.37. The van der Waals surface area contributed by atoms with Crippen LogP contribution in [0.1, 0.15) is 12.0 Å². The standard InChI is InChI=1S/C23H18F2N6O3/c24-15-4-2-1-3-13(15)10-31-19(17-5-6-34-29-17)7-18(28-31)20-26-9-16(25)21(27-20)30-11-14-8-23(14,12-30)22(32)33/h1-7,9,14H,8,10-12H2,(H,32,33). The zero-order valence-corrected chi connectivity index (χ0v) is 17.7. The fourth-order valence-corrected chi connectivity index (χ4v) is 4.66. The van der Waals surface area contributed by atoms with E-state index in [0.29, 0.717) is 35.6 Å². The van der Waals surface area contributed by atoms with Crippen molar-refractivity contribution in [3.63, 3.8) is 0 Å². The maximum Gasteiger partial charge on any atom is 0.311 e. The van der Waals surface area contributed by atoms with Crippen LogP contribution >= 0.6 is 0 Å². The molecule has 2 unspecified atom stereocenters. The lowest BCUT2D eigenvalue weighted by molar-refractivity contribution is -0.143. The SMILES string of the molecule is O=C(O)C12CC1CN(c1nc(-c3cc(-c4ccon4)n(Cc4ccccc4F)n3)ncc1F)C2. The molecular weight excluding hydrogens is 446 g/mol. The summed E-state index contributed by atoms with van der Waals surface area (Å²) in [5.74, 6) is -1.66. The molecule has 172 valence electrons. The summed E-state index contributed by atoms with van der Waals surface area (Å²) in [7, 11) is 0. The zero-order chi connectivity index (χ0) is 23.4. The topological polar surface area (TPSA) is 110 Å². The van der Waals surface area contributed by atoms with E-state index >= 15 is 0 Å². The zero-order valence-electron chi connectivity index (χ0n) is 17.7. The molecule has 1 aliphatic carbocycles. The van der Waals surface area contributed by atoms with Crippen molar-refractivity contribution in [3.05, 3.63) is 66.1 Å². The number of rotatable bonds is 6. The van der Waals surface area contributed by atoms with Gasteiger partial charge in [0, 0.05) is 24.7 Å². The third-order valence-corrected chi connectivity index (χ3v) is 6.58. The van der Waals surface area contributed by atoms with Crippen molar-refractivity contribution in [3.8, 4) is 22.9 Å². The second-order valence-electron chi connectivity index (χ2n) is 8.66. The van der Waals surface area contributed by atoms with Crippen LogP contribution < -0.4 is 4.90 Å². The largest absolute Gasteiger partial charge is 0.481 e. The maximum absolute atomic E-state index is 14.6. The van der Waals surface area contributed by atoms with Crippen LogP contribution in [0.2, 0.25) is 0 Å². The Labute approximate surface area is 191 Å². The van der Waals surface area contributed by atoms with Gasteiger partial charge in [-0.05, 0) is 24.5 Å². The van der Waals surface area contributed by atoms with Gasteiger partial charge in [-0.2, -0.15) is 5.10 Å². The molecule has 0 bridgehead atoms. The van der Waals surface area contributed by atoms with Crippen LogP contribution in [0.25, 0.3) is 22.9 Å². The van der Waals surface area contributed by atoms with E-state index in [2.05, 4.69) is 20.2 Å². The Morgan fingerprint density at radius 1 is 1.21 bits per heavy atom. The average Bonchev–Trinajstić information content (AvgIpc) is 3.25. The number of carbonyl (C=O) groups is 1. The predicted octanol–water partition coefficient (Wildman–Crippen LogP) is 3.23. The molecule has 4 aromatic rings. The summed E-state index contributed by atoms with van der Waals surface area (Å²) in [6, 6.07) is 9.70. The third kappa shape index (κ3) is 3.23. The monoisotopic (exact) mass is 464 g/mol. The molecule has 0 spiro atoms. The normalized spacial score (nSPS) is 21.0. The first kappa shape index (κ1) is 20.5. The minimum atomic E-state index is -0.862. The molecule has 11 heteroatoms. The van der Waals surface area contributed by atoms with Crippen LogP contribution in [-0.2, 0) is 11.3 Å². The molecule has 0 amide bonds. The minimum absolute atomic E-state index is 0.0124. The van der Waals surface area contributed by atoms with E-state index in [1.807, 2.05) is 0 Å². The van der Waals surface area contributed by atoms with Crippen LogP contribution in [0, 0.1) is 23.0 Å². The number of aliphatic carboxylic acids is 1. The molecule has 3 aromatic heterocycles. The Morgan fingerprint density at radius 3 is 2.79 bits per heavy atom. The molecule has 2 atom stereocenters. The molecule has 9 nitrogen and oxygen atoms in total. The molecule has 4 heterocycles. The van der Waals surface area contributed by atoms with Crippen molar-refractivity contribution >= 4 is 11.8 Å². The van der Waals surface area contributed by atoms with E-state index in [0.717, 1.165) is 6.20 Å². The van der Waals surface area contributed by atoms with Crippen LogP contribution in [0.3, 0.4) is 0 Å². The predicted molar refractivity (Wildman–Crippen MR) is 115 cm³/mol. The summed E-state index contributed by atoms with van der Waals surface area (Å²) >= 11 is 0. The molecule has 1 saturated heterocycles. The minimum Gasteiger partial charge on any atom is -0.481 e. The van der Waals surface area contributed by atoms with Crippen molar-refractivity contribution in [2.24, 2.45) is 11.3 Å². The first-order valence-electron chi connectivity index (χ1n) is 10.7. The lowest BCUT2D eigenvalue weighted by atomic mass is 10.1. The van der Waals surface area contributed by atoms with Gasteiger partial charge in [0.25, 0.3) is 0 Å². The van der Waals surface area contributed by atoms with Gasteiger partial charge in [-0.25, -0.2) is 18.7 Å². The number of piperidine rings is 1. The summed E-state index contributed by atoms with van der Waals surface area (Å²) in [4.78, 5) is 21.8. The van der Waals surface area contributed by atoms with Gasteiger partial charge in [0.2, 0.25) is 0 Å². The van der Waals surface area contributed by atoms with Gasteiger partial charge in [-0.15, -0.1) is 0 Å². The number of benzene rings is 1. The summed E-state index contributed by atoms with van der Waals surface area (Å²) in [5.41, 5.74) is 0.985. The van der Waals surface area contributed by atoms with E-state index in [4.69, 9.17) is 4.52 Å². The quantitative estimate of drug-likeness (QED) is 0.463. The van der Waals surface area contributed by atoms with Gasteiger partial charge in [-0.1, -0.05) is 23.4 Å². The number of anilines is 1. The van der Waals surface area contributed by atoms with Crippen molar-refractivity contribution in [2.75, 3.05) is 18.0 Å². The summed E-state index contributed by atoms with van der Waals surface area (Å²) in [6.07, 6.45) is 3.07. The molecule has 6 rings (SSSR count). The summed E-state index contributed by atoms with van der Waals surface area (Å²) < 4.78 is 35.4. The van der Waals surface area contributed by atoms with E-state index in [9.17, 15) is 18.7 Å². The first-order chi connectivity index (χ1) is 16.4. The highest BCUT2D eigenvalue weighted by molar-refractivity contribution is 5.81. The smallest absolute Gasteiger partial charge is 0.311 e. The van der Waals surface area contributed by atoms with Crippen molar-refractivity contribution in [2.45, 2.75) is 13.0 Å². The Hall–Kier alpha value is -4.15. The number of fused-ring (bicyclic) bond motifs is 1. The number of nitrogens with zero attached hydrogens (tertiary/aromatic N) is 6. The van der Waals surface area contributed by atoms with E-state index in [1.165, 1.54) is 12.3 Å². The van der Waals surface area contributed by atoms with Crippen LogP contribution in [0.5, 0.6) is 0 Å². The van der Waals surface area contributed by atoms with Gasteiger partial charge in [0.15, 0.2) is 17.5 Å². The molecule has 34 heavy (non-hydrogen) atoms. The van der Waals surface area contributed by atoms with Gasteiger partial charge in [0.05, 0.1) is 23.9 Å². The lowest BCUT2D eigenvalue weighted by Gasteiger charge is -2.21. The number of halogens is 2. The number of carboxylic acids is 1. The second-order valence-corrected chi connectivity index (χ2v) is 8.66. The number of aromatic nitrogens is 5. The molecule has 2 fully saturated rings. The van der Waals surface area contributed by atoms with Crippen LogP contribution in [0.15, 0.2) is 53.4 Å². The van der Waals surface area contributed by atoms with Gasteiger partial charge in [-0.3, -0.25) is 9.48 Å². The van der Waals surface area contributed by atoms with Crippen molar-refractivity contribution < 1.29 is 23.2 Å². The highest BCUT2D eigenvalue weighted by atomic mass is 19.1. The number of carboxylic acid groups (broad SMARTS) is 1. The van der Waals surface area contributed by atoms with Gasteiger partial charge in [0.1, 0.15) is 23.5 Å². The molecule has 1 aromatic carbocycles. The molecule has 2 aliphatic rings. The second kappa shape index (κ2) is 7.44. The lowest BCUT2D eigenvalue weighted by Crippen LogP contribution is -2.30. The Morgan fingerprint density at radius 2 is 2.06 bits per heavy atom. The van der Waals surface area contributed by atoms with Crippen LogP contribution in [-0.4, -0.2) is 49.1 Å². The first-order valence-corrected chi connectivity index (χ1v) is 10.7. The summed E-state index contributed by atoms with van der Waals surface area (Å²) in [6.45, 7) is 0.746. The van der Waals surface area contributed by atoms with Crippen molar-refractivity contribution in [1.29, 1.82) is 0 Å². The summed E-state index contributed by atoms with van der Waals surface area (Å²) in [5, 5.41) is 18.0. The van der Waals surface area contributed by atoms with Crippen LogP contribution in [0.4, 0.5) is 14.6 Å². The molecule has 1 aliphatic heterocycles. The Kier molecular flexibility index (Phi) is 4.48. The number of hydrogen-bond acceptors (Lipinski definition) is 7. The number of hydrogen-bond donors (Lipinski definition) is 1.